The molecular weight excluding hydrogens is 382 g/mol. The summed E-state index contributed by atoms with van der Waals surface area (Å²) in [6.45, 7) is 3.60. The first-order valence-electron chi connectivity index (χ1n) is 11.0. The number of amides is 3. The molecule has 0 aromatic carbocycles. The summed E-state index contributed by atoms with van der Waals surface area (Å²) in [4.78, 5) is 30.7. The minimum Gasteiger partial charge on any atom is -0.489 e. The van der Waals surface area contributed by atoms with E-state index in [4.69, 9.17) is 10.5 Å². The van der Waals surface area contributed by atoms with Gasteiger partial charge in [-0.15, -0.1) is 0 Å². The summed E-state index contributed by atoms with van der Waals surface area (Å²) in [5.41, 5.74) is 7.22. The summed E-state index contributed by atoms with van der Waals surface area (Å²) in [5.74, 6) is 1.11. The van der Waals surface area contributed by atoms with Gasteiger partial charge in [0.1, 0.15) is 5.69 Å². The fraction of sp³-hybridized carbons (Fsp3) is 0.591. The largest absolute Gasteiger partial charge is 0.489 e. The summed E-state index contributed by atoms with van der Waals surface area (Å²) < 4.78 is 7.93. The molecule has 2 aromatic rings. The van der Waals surface area contributed by atoms with Crippen molar-refractivity contribution in [1.29, 1.82) is 0 Å². The number of carbonyl (C=O) groups excluding carboxylic acids is 2. The summed E-state index contributed by atoms with van der Waals surface area (Å²) >= 11 is 0. The Labute approximate surface area is 176 Å². The zero-order chi connectivity index (χ0) is 21.1. The van der Waals surface area contributed by atoms with Crippen molar-refractivity contribution in [3.05, 3.63) is 29.7 Å². The average Bonchev–Trinajstić information content (AvgIpc) is 3.09. The summed E-state index contributed by atoms with van der Waals surface area (Å²) in [5, 5.41) is 3.05. The predicted octanol–water partition coefficient (Wildman–Crippen LogP) is 2.87. The molecule has 1 aliphatic heterocycles. The highest BCUT2D eigenvalue weighted by atomic mass is 16.5. The molecule has 2 aromatic heterocycles. The van der Waals surface area contributed by atoms with Crippen molar-refractivity contribution in [2.75, 3.05) is 19.7 Å². The zero-order valence-corrected chi connectivity index (χ0v) is 17.6. The lowest BCUT2D eigenvalue weighted by molar-refractivity contribution is 0.0905. The molecule has 1 atom stereocenters. The van der Waals surface area contributed by atoms with Gasteiger partial charge >= 0.3 is 6.03 Å². The van der Waals surface area contributed by atoms with Crippen LogP contribution in [0.25, 0.3) is 5.65 Å². The Hall–Kier alpha value is -2.77. The molecule has 8 nitrogen and oxygen atoms in total. The van der Waals surface area contributed by atoms with E-state index < -0.39 is 6.03 Å². The van der Waals surface area contributed by atoms with E-state index in [-0.39, 0.29) is 11.9 Å². The van der Waals surface area contributed by atoms with Gasteiger partial charge in [-0.2, -0.15) is 0 Å². The van der Waals surface area contributed by atoms with E-state index in [1.807, 2.05) is 25.3 Å². The Kier molecular flexibility index (Phi) is 6.11. The maximum absolute atomic E-state index is 13.1. The highest BCUT2D eigenvalue weighted by Crippen LogP contribution is 2.27. The number of primary amides is 1. The molecule has 2 aliphatic rings. The highest BCUT2D eigenvalue weighted by molar-refractivity contribution is 5.95. The lowest BCUT2D eigenvalue weighted by Crippen LogP contribution is -2.51. The van der Waals surface area contributed by atoms with Crippen LogP contribution in [0.5, 0.6) is 5.75 Å². The van der Waals surface area contributed by atoms with Crippen LogP contribution in [0.2, 0.25) is 0 Å². The standard InChI is InChI=1S/C22H31N5O3/c1-15-19(21(28)25-17-9-5-11-26(13-17)22(23)29)27-12-6-10-18(20(27)24-15)30-14-16-7-3-2-4-8-16/h6,10,12,16-17H,2-5,7-9,11,13-14H2,1H3,(H2,23,29)(H,25,28)/t17-/m0/s1. The molecule has 8 heteroatoms. The molecule has 30 heavy (non-hydrogen) atoms. The van der Waals surface area contributed by atoms with Crippen molar-refractivity contribution in [1.82, 2.24) is 19.6 Å². The number of nitrogens with one attached hydrogen (secondary N) is 1. The number of ether oxygens (including phenoxy) is 1. The first-order chi connectivity index (χ1) is 14.5. The van der Waals surface area contributed by atoms with E-state index in [1.54, 1.807) is 9.30 Å². The van der Waals surface area contributed by atoms with Crippen LogP contribution in [0.1, 0.15) is 61.1 Å². The summed E-state index contributed by atoms with van der Waals surface area (Å²) in [6.07, 6.45) is 9.79. The minimum absolute atomic E-state index is 0.116. The number of aromatic nitrogens is 2. The number of aryl methyl sites for hydroxylation is 1. The van der Waals surface area contributed by atoms with Crippen LogP contribution in [0.15, 0.2) is 18.3 Å². The predicted molar refractivity (Wildman–Crippen MR) is 114 cm³/mol. The van der Waals surface area contributed by atoms with Gasteiger partial charge in [0.2, 0.25) is 0 Å². The third kappa shape index (κ3) is 4.37. The van der Waals surface area contributed by atoms with Gasteiger partial charge in [-0.1, -0.05) is 19.3 Å². The fourth-order valence-corrected chi connectivity index (χ4v) is 4.65. The number of hydrogen-bond acceptors (Lipinski definition) is 4. The number of urea groups is 1. The molecule has 4 rings (SSSR count). The zero-order valence-electron chi connectivity index (χ0n) is 17.6. The van der Waals surface area contributed by atoms with Crippen molar-refractivity contribution < 1.29 is 14.3 Å². The van der Waals surface area contributed by atoms with Gasteiger partial charge in [0.05, 0.1) is 12.3 Å². The molecule has 0 unspecified atom stereocenters. The molecule has 162 valence electrons. The minimum atomic E-state index is -0.445. The number of fused-ring (bicyclic) bond motifs is 1. The van der Waals surface area contributed by atoms with Gasteiger partial charge in [0, 0.05) is 25.3 Å². The van der Waals surface area contributed by atoms with E-state index in [0.717, 1.165) is 12.8 Å². The SMILES string of the molecule is Cc1nc2c(OCC3CCCCC3)cccn2c1C(=O)N[C@H]1CCCN(C(N)=O)C1. The molecule has 3 amide bonds. The van der Waals surface area contributed by atoms with Crippen LogP contribution in [0, 0.1) is 12.8 Å². The number of nitrogens with zero attached hydrogens (tertiary/aromatic N) is 3. The molecular formula is C22H31N5O3. The number of likely N-dealkylation sites (tertiary alicyclic amines) is 1. The smallest absolute Gasteiger partial charge is 0.314 e. The normalized spacial score (nSPS) is 20.3. The third-order valence-electron chi connectivity index (χ3n) is 6.27. The molecule has 1 aliphatic carbocycles. The van der Waals surface area contributed by atoms with Crippen molar-refractivity contribution in [3.63, 3.8) is 0 Å². The maximum atomic E-state index is 13.1. The Balaban J connectivity index is 1.49. The summed E-state index contributed by atoms with van der Waals surface area (Å²) in [6, 6.07) is 3.24. The third-order valence-corrected chi connectivity index (χ3v) is 6.27. The van der Waals surface area contributed by atoms with Gasteiger partial charge in [-0.05, 0) is 50.7 Å². The van der Waals surface area contributed by atoms with E-state index >= 15 is 0 Å². The van der Waals surface area contributed by atoms with Crippen molar-refractivity contribution >= 4 is 17.6 Å². The topological polar surface area (TPSA) is 102 Å². The Morgan fingerprint density at radius 1 is 1.23 bits per heavy atom. The van der Waals surface area contributed by atoms with Crippen molar-refractivity contribution in [3.8, 4) is 5.75 Å². The molecule has 0 spiro atoms. The van der Waals surface area contributed by atoms with Crippen molar-refractivity contribution in [2.24, 2.45) is 11.7 Å². The number of carbonyl (C=O) groups is 2. The second kappa shape index (κ2) is 8.93. The lowest BCUT2D eigenvalue weighted by Gasteiger charge is -2.31. The first kappa shape index (κ1) is 20.5. The van der Waals surface area contributed by atoms with E-state index in [1.165, 1.54) is 32.1 Å². The first-order valence-corrected chi connectivity index (χ1v) is 11.0. The molecule has 1 saturated heterocycles. The number of piperidine rings is 1. The molecule has 2 fully saturated rings. The fourth-order valence-electron chi connectivity index (χ4n) is 4.65. The van der Waals surface area contributed by atoms with Gasteiger partial charge in [-0.3, -0.25) is 9.20 Å². The number of nitrogens with two attached hydrogens (primary N) is 1. The van der Waals surface area contributed by atoms with E-state index in [0.29, 0.717) is 48.4 Å². The van der Waals surface area contributed by atoms with Gasteiger partial charge in [0.15, 0.2) is 11.4 Å². The second-order valence-corrected chi connectivity index (χ2v) is 8.52. The van der Waals surface area contributed by atoms with Crippen LogP contribution in [-0.4, -0.2) is 52.0 Å². The molecule has 3 heterocycles. The van der Waals surface area contributed by atoms with Gasteiger partial charge in [0.25, 0.3) is 5.91 Å². The second-order valence-electron chi connectivity index (χ2n) is 8.52. The lowest BCUT2D eigenvalue weighted by atomic mass is 9.90. The number of hydrogen-bond donors (Lipinski definition) is 2. The van der Waals surface area contributed by atoms with E-state index in [2.05, 4.69) is 10.3 Å². The quantitative estimate of drug-likeness (QED) is 0.787. The molecule has 0 bridgehead atoms. The van der Waals surface area contributed by atoms with Crippen LogP contribution in [0.4, 0.5) is 4.79 Å². The van der Waals surface area contributed by atoms with Gasteiger partial charge in [-0.25, -0.2) is 9.78 Å². The van der Waals surface area contributed by atoms with Crippen LogP contribution >= 0.6 is 0 Å². The Morgan fingerprint density at radius 2 is 2.03 bits per heavy atom. The molecule has 1 saturated carbocycles. The van der Waals surface area contributed by atoms with Crippen LogP contribution < -0.4 is 15.8 Å². The number of rotatable bonds is 5. The van der Waals surface area contributed by atoms with Crippen LogP contribution in [-0.2, 0) is 0 Å². The van der Waals surface area contributed by atoms with Gasteiger partial charge < -0.3 is 20.7 Å². The van der Waals surface area contributed by atoms with Crippen molar-refractivity contribution in [2.45, 2.75) is 57.9 Å². The highest BCUT2D eigenvalue weighted by Gasteiger charge is 2.26. The average molecular weight is 414 g/mol. The Morgan fingerprint density at radius 3 is 2.80 bits per heavy atom. The molecule has 3 N–H and O–H groups in total. The number of imidazole rings is 1. The maximum Gasteiger partial charge on any atom is 0.314 e. The number of pyridine rings is 1. The summed E-state index contributed by atoms with van der Waals surface area (Å²) in [7, 11) is 0. The molecule has 0 radical (unpaired) electrons. The van der Waals surface area contributed by atoms with Crippen LogP contribution in [0.3, 0.4) is 0 Å². The monoisotopic (exact) mass is 413 g/mol. The van der Waals surface area contributed by atoms with E-state index in [9.17, 15) is 9.59 Å². The Bertz CT molecular complexity index is 919.